The van der Waals surface area contributed by atoms with Crippen molar-refractivity contribution in [2.24, 2.45) is 0 Å². The second kappa shape index (κ2) is 5.14. The molecular formula is C12H13ClN2O. The summed E-state index contributed by atoms with van der Waals surface area (Å²) in [5.41, 5.74) is 3.48. The average Bonchev–Trinajstić information content (AvgIpc) is 2.31. The Kier molecular flexibility index (Phi) is 3.59. The quantitative estimate of drug-likeness (QED) is 0.799. The summed E-state index contributed by atoms with van der Waals surface area (Å²) in [6, 6.07) is 6.87. The van der Waals surface area contributed by atoms with Crippen molar-refractivity contribution in [1.82, 2.24) is 10.4 Å². The van der Waals surface area contributed by atoms with Gasteiger partial charge in [0.25, 0.3) is 5.91 Å². The Balaban J connectivity index is 1.97. The summed E-state index contributed by atoms with van der Waals surface area (Å²) in [7, 11) is 0. The molecule has 1 amide bonds. The van der Waals surface area contributed by atoms with Gasteiger partial charge in [0, 0.05) is 23.7 Å². The molecule has 16 heavy (non-hydrogen) atoms. The highest BCUT2D eigenvalue weighted by atomic mass is 35.5. The first-order chi connectivity index (χ1) is 7.75. The molecule has 4 heteroatoms. The van der Waals surface area contributed by atoms with Crippen molar-refractivity contribution in [1.29, 1.82) is 0 Å². The first kappa shape index (κ1) is 11.2. The van der Waals surface area contributed by atoms with Crippen molar-refractivity contribution >= 4 is 17.5 Å². The van der Waals surface area contributed by atoms with Crippen molar-refractivity contribution in [3.05, 3.63) is 47.0 Å². The molecule has 2 rings (SSSR count). The lowest BCUT2D eigenvalue weighted by Gasteiger charge is -2.23. The standard InChI is InChI=1S/C12H13ClN2O/c13-11-6-4-10(5-7-11)12(16)14-15-8-2-1-3-9-15/h1-2,4-7H,3,8-9H2,(H,14,16). The zero-order valence-corrected chi connectivity index (χ0v) is 9.57. The predicted octanol–water partition coefficient (Wildman–Crippen LogP) is 2.25. The highest BCUT2D eigenvalue weighted by molar-refractivity contribution is 6.30. The number of hydrogen-bond donors (Lipinski definition) is 1. The van der Waals surface area contributed by atoms with Crippen LogP contribution in [0.15, 0.2) is 36.4 Å². The van der Waals surface area contributed by atoms with Gasteiger partial charge in [0.05, 0.1) is 0 Å². The number of nitrogens with one attached hydrogen (secondary N) is 1. The minimum Gasteiger partial charge on any atom is -0.284 e. The number of hydrazine groups is 1. The molecule has 1 aliphatic heterocycles. The van der Waals surface area contributed by atoms with Crippen LogP contribution in [0.1, 0.15) is 16.8 Å². The molecular weight excluding hydrogens is 224 g/mol. The summed E-state index contributed by atoms with van der Waals surface area (Å²) < 4.78 is 0. The van der Waals surface area contributed by atoms with Crippen LogP contribution in [0.4, 0.5) is 0 Å². The van der Waals surface area contributed by atoms with Crippen molar-refractivity contribution < 1.29 is 4.79 Å². The number of rotatable bonds is 2. The van der Waals surface area contributed by atoms with Crippen molar-refractivity contribution in [3.63, 3.8) is 0 Å². The van der Waals surface area contributed by atoms with Crippen molar-refractivity contribution in [2.75, 3.05) is 13.1 Å². The minimum atomic E-state index is -0.0908. The molecule has 0 radical (unpaired) electrons. The Morgan fingerprint density at radius 2 is 2.00 bits per heavy atom. The lowest BCUT2D eigenvalue weighted by atomic mass is 10.2. The molecule has 84 valence electrons. The molecule has 0 spiro atoms. The van der Waals surface area contributed by atoms with Crippen LogP contribution in [0.3, 0.4) is 0 Å². The SMILES string of the molecule is O=C(NN1CC=CCC1)c1ccc(Cl)cc1. The van der Waals surface area contributed by atoms with Gasteiger partial charge in [0.2, 0.25) is 0 Å². The number of amides is 1. The molecule has 0 fully saturated rings. The highest BCUT2D eigenvalue weighted by Gasteiger charge is 2.11. The van der Waals surface area contributed by atoms with Crippen LogP contribution < -0.4 is 5.43 Å². The van der Waals surface area contributed by atoms with Gasteiger partial charge >= 0.3 is 0 Å². The van der Waals surface area contributed by atoms with E-state index in [0.717, 1.165) is 19.5 Å². The topological polar surface area (TPSA) is 32.3 Å². The molecule has 0 saturated carbocycles. The van der Waals surface area contributed by atoms with Crippen molar-refractivity contribution in [2.45, 2.75) is 6.42 Å². The summed E-state index contributed by atoms with van der Waals surface area (Å²) in [6.45, 7) is 1.62. The predicted molar refractivity (Wildman–Crippen MR) is 64.2 cm³/mol. The van der Waals surface area contributed by atoms with E-state index in [2.05, 4.69) is 11.5 Å². The molecule has 1 aliphatic rings. The summed E-state index contributed by atoms with van der Waals surface area (Å²) in [6.07, 6.45) is 5.14. The van der Waals surface area contributed by atoms with Crippen LogP contribution in [0.5, 0.6) is 0 Å². The Labute approximate surface area is 99.7 Å². The van der Waals surface area contributed by atoms with Gasteiger partial charge in [-0.15, -0.1) is 0 Å². The third-order valence-corrected chi connectivity index (χ3v) is 2.68. The van der Waals surface area contributed by atoms with Gasteiger partial charge in [-0.1, -0.05) is 23.8 Å². The molecule has 1 aromatic carbocycles. The fourth-order valence-corrected chi connectivity index (χ4v) is 1.68. The number of hydrogen-bond acceptors (Lipinski definition) is 2. The maximum absolute atomic E-state index is 11.8. The summed E-state index contributed by atoms with van der Waals surface area (Å²) in [5.74, 6) is -0.0908. The zero-order valence-electron chi connectivity index (χ0n) is 8.82. The normalized spacial score (nSPS) is 16.1. The minimum absolute atomic E-state index is 0.0908. The van der Waals surface area contributed by atoms with E-state index in [-0.39, 0.29) is 5.91 Å². The maximum atomic E-state index is 11.8. The molecule has 0 aliphatic carbocycles. The lowest BCUT2D eigenvalue weighted by molar-refractivity contribution is 0.0804. The zero-order chi connectivity index (χ0) is 11.4. The number of carbonyl (C=O) groups is 1. The van der Waals surface area contributed by atoms with Gasteiger partial charge in [-0.05, 0) is 30.7 Å². The number of carbonyl (C=O) groups excluding carboxylic acids is 1. The van der Waals surface area contributed by atoms with Crippen LogP contribution in [0.2, 0.25) is 5.02 Å². The van der Waals surface area contributed by atoms with Crippen LogP contribution in [0, 0.1) is 0 Å². The number of benzene rings is 1. The Bertz CT molecular complexity index is 400. The molecule has 0 aromatic heterocycles. The van der Waals surface area contributed by atoms with E-state index < -0.39 is 0 Å². The van der Waals surface area contributed by atoms with E-state index >= 15 is 0 Å². The number of halogens is 1. The van der Waals surface area contributed by atoms with E-state index in [9.17, 15) is 4.79 Å². The Hall–Kier alpha value is -1.32. The molecule has 1 aromatic rings. The van der Waals surface area contributed by atoms with Crippen molar-refractivity contribution in [3.8, 4) is 0 Å². The van der Waals surface area contributed by atoms with Crippen LogP contribution >= 0.6 is 11.6 Å². The first-order valence-corrected chi connectivity index (χ1v) is 5.60. The lowest BCUT2D eigenvalue weighted by Crippen LogP contribution is -2.43. The van der Waals surface area contributed by atoms with Crippen LogP contribution in [0.25, 0.3) is 0 Å². The second-order valence-electron chi connectivity index (χ2n) is 3.65. The molecule has 1 N–H and O–H groups in total. The monoisotopic (exact) mass is 236 g/mol. The van der Waals surface area contributed by atoms with Gasteiger partial charge in [-0.25, -0.2) is 5.01 Å². The number of nitrogens with zero attached hydrogens (tertiary/aromatic N) is 1. The smallest absolute Gasteiger partial charge is 0.265 e. The molecule has 3 nitrogen and oxygen atoms in total. The fraction of sp³-hybridized carbons (Fsp3) is 0.250. The molecule has 0 bridgehead atoms. The Morgan fingerprint density at radius 1 is 1.25 bits per heavy atom. The van der Waals surface area contributed by atoms with Gasteiger partial charge in [0.1, 0.15) is 0 Å². The molecule has 0 atom stereocenters. The third kappa shape index (κ3) is 2.84. The highest BCUT2D eigenvalue weighted by Crippen LogP contribution is 2.09. The largest absolute Gasteiger partial charge is 0.284 e. The van der Waals surface area contributed by atoms with E-state index in [4.69, 9.17) is 11.6 Å². The van der Waals surface area contributed by atoms with E-state index in [1.807, 2.05) is 11.1 Å². The molecule has 0 unspecified atom stereocenters. The summed E-state index contributed by atoms with van der Waals surface area (Å²) in [5, 5.41) is 2.54. The maximum Gasteiger partial charge on any atom is 0.265 e. The van der Waals surface area contributed by atoms with E-state index in [1.54, 1.807) is 24.3 Å². The van der Waals surface area contributed by atoms with Crippen LogP contribution in [-0.4, -0.2) is 24.0 Å². The average molecular weight is 237 g/mol. The fourth-order valence-electron chi connectivity index (χ4n) is 1.55. The van der Waals surface area contributed by atoms with Crippen LogP contribution in [-0.2, 0) is 0 Å². The summed E-state index contributed by atoms with van der Waals surface area (Å²) in [4.78, 5) is 11.8. The van der Waals surface area contributed by atoms with Gasteiger partial charge in [-0.3, -0.25) is 10.2 Å². The van der Waals surface area contributed by atoms with E-state index in [1.165, 1.54) is 0 Å². The molecule has 1 heterocycles. The second-order valence-corrected chi connectivity index (χ2v) is 4.09. The Morgan fingerprint density at radius 3 is 2.62 bits per heavy atom. The van der Waals surface area contributed by atoms with Gasteiger partial charge in [-0.2, -0.15) is 0 Å². The summed E-state index contributed by atoms with van der Waals surface area (Å²) >= 11 is 5.76. The molecule has 0 saturated heterocycles. The first-order valence-electron chi connectivity index (χ1n) is 5.22. The van der Waals surface area contributed by atoms with Gasteiger partial charge in [0.15, 0.2) is 0 Å². The van der Waals surface area contributed by atoms with E-state index in [0.29, 0.717) is 10.6 Å². The van der Waals surface area contributed by atoms with Gasteiger partial charge < -0.3 is 0 Å². The third-order valence-electron chi connectivity index (χ3n) is 2.42.